The van der Waals surface area contributed by atoms with Crippen LogP contribution in [0.4, 0.5) is 4.79 Å². The summed E-state index contributed by atoms with van der Waals surface area (Å²) >= 11 is 7.47. The maximum Gasteiger partial charge on any atom is 0.408 e. The molecule has 1 amide bonds. The fourth-order valence-corrected chi connectivity index (χ4v) is 2.91. The van der Waals surface area contributed by atoms with Crippen molar-refractivity contribution < 1.29 is 14.3 Å². The first-order chi connectivity index (χ1) is 8.67. The number of nitrogens with zero attached hydrogens (tertiary/aromatic N) is 1. The van der Waals surface area contributed by atoms with E-state index in [1.807, 2.05) is 12.1 Å². The maximum atomic E-state index is 11.1. The van der Waals surface area contributed by atoms with Gasteiger partial charge in [-0.15, -0.1) is 11.3 Å². The van der Waals surface area contributed by atoms with E-state index in [0.717, 1.165) is 17.4 Å². The highest BCUT2D eigenvalue weighted by Crippen LogP contribution is 2.23. The van der Waals surface area contributed by atoms with Crippen molar-refractivity contribution in [3.8, 4) is 0 Å². The van der Waals surface area contributed by atoms with Crippen molar-refractivity contribution in [1.82, 2.24) is 10.2 Å². The van der Waals surface area contributed by atoms with Gasteiger partial charge in [-0.05, 0) is 12.1 Å². The Kier molecular flexibility index (Phi) is 4.82. The van der Waals surface area contributed by atoms with Gasteiger partial charge in [0.1, 0.15) is 6.23 Å². The SMILES string of the molecule is COC(=O)N[C@@H]1CN(Cc2ccc(Cl)s2)CCO1. The van der Waals surface area contributed by atoms with Crippen LogP contribution in [-0.2, 0) is 16.0 Å². The number of methoxy groups -OCH3 is 1. The number of nitrogens with one attached hydrogen (secondary N) is 1. The van der Waals surface area contributed by atoms with Crippen LogP contribution in [0.2, 0.25) is 4.34 Å². The van der Waals surface area contributed by atoms with E-state index in [-0.39, 0.29) is 6.23 Å². The van der Waals surface area contributed by atoms with Crippen LogP contribution in [-0.4, -0.2) is 44.0 Å². The number of thiophene rings is 1. The molecule has 1 aliphatic rings. The third-order valence-electron chi connectivity index (χ3n) is 2.62. The number of ether oxygens (including phenoxy) is 2. The van der Waals surface area contributed by atoms with Crippen LogP contribution in [0, 0.1) is 0 Å². The lowest BCUT2D eigenvalue weighted by atomic mass is 10.3. The summed E-state index contributed by atoms with van der Waals surface area (Å²) < 4.78 is 10.8. The number of morpholine rings is 1. The first-order valence-corrected chi connectivity index (χ1v) is 6.79. The lowest BCUT2D eigenvalue weighted by molar-refractivity contribution is -0.0450. The largest absolute Gasteiger partial charge is 0.453 e. The van der Waals surface area contributed by atoms with Crippen LogP contribution in [0.25, 0.3) is 0 Å². The second-order valence-electron chi connectivity index (χ2n) is 3.94. The Hall–Kier alpha value is -0.820. The molecular formula is C11H15ClN2O3S. The van der Waals surface area contributed by atoms with Gasteiger partial charge in [0.25, 0.3) is 0 Å². The summed E-state index contributed by atoms with van der Waals surface area (Å²) in [5.74, 6) is 0. The number of hydrogen-bond donors (Lipinski definition) is 1. The number of alkyl carbamates (subject to hydrolysis) is 1. The molecule has 0 bridgehead atoms. The van der Waals surface area contributed by atoms with Gasteiger partial charge in [0.2, 0.25) is 0 Å². The third kappa shape index (κ3) is 3.84. The van der Waals surface area contributed by atoms with Gasteiger partial charge in [0, 0.05) is 24.5 Å². The molecule has 0 aliphatic carbocycles. The van der Waals surface area contributed by atoms with E-state index in [2.05, 4.69) is 15.0 Å². The van der Waals surface area contributed by atoms with Gasteiger partial charge >= 0.3 is 6.09 Å². The maximum absolute atomic E-state index is 11.1. The zero-order valence-electron chi connectivity index (χ0n) is 10.0. The Bertz CT molecular complexity index is 413. The number of amides is 1. The summed E-state index contributed by atoms with van der Waals surface area (Å²) in [4.78, 5) is 14.5. The fraction of sp³-hybridized carbons (Fsp3) is 0.545. The van der Waals surface area contributed by atoms with Crippen LogP contribution in [0.3, 0.4) is 0 Å². The molecular weight excluding hydrogens is 276 g/mol. The number of hydrogen-bond acceptors (Lipinski definition) is 5. The minimum absolute atomic E-state index is 0.318. The fourth-order valence-electron chi connectivity index (χ4n) is 1.78. The summed E-state index contributed by atoms with van der Waals surface area (Å²) in [6, 6.07) is 3.91. The average Bonchev–Trinajstić information content (AvgIpc) is 2.75. The molecule has 0 radical (unpaired) electrons. The van der Waals surface area contributed by atoms with E-state index in [9.17, 15) is 4.79 Å². The first-order valence-electron chi connectivity index (χ1n) is 5.60. The van der Waals surface area contributed by atoms with Crippen molar-refractivity contribution in [3.63, 3.8) is 0 Å². The molecule has 0 unspecified atom stereocenters. The van der Waals surface area contributed by atoms with E-state index >= 15 is 0 Å². The van der Waals surface area contributed by atoms with E-state index in [0.29, 0.717) is 13.2 Å². The smallest absolute Gasteiger partial charge is 0.408 e. The molecule has 1 aliphatic heterocycles. The summed E-state index contributed by atoms with van der Waals surface area (Å²) in [6.45, 7) is 2.90. The molecule has 1 aromatic heterocycles. The zero-order valence-corrected chi connectivity index (χ0v) is 11.6. The summed E-state index contributed by atoms with van der Waals surface area (Å²) in [6.07, 6.45) is -0.789. The number of carbonyl (C=O) groups is 1. The average molecular weight is 291 g/mol. The summed E-state index contributed by atoms with van der Waals surface area (Å²) in [5.41, 5.74) is 0. The normalized spacial score (nSPS) is 20.7. The molecule has 5 nitrogen and oxygen atoms in total. The monoisotopic (exact) mass is 290 g/mol. The molecule has 1 aromatic rings. The van der Waals surface area contributed by atoms with Crippen LogP contribution >= 0.6 is 22.9 Å². The highest BCUT2D eigenvalue weighted by atomic mass is 35.5. The topological polar surface area (TPSA) is 50.8 Å². The molecule has 2 rings (SSSR count). The van der Waals surface area contributed by atoms with E-state index in [4.69, 9.17) is 16.3 Å². The molecule has 1 atom stereocenters. The molecule has 1 N–H and O–H groups in total. The second-order valence-corrected chi connectivity index (χ2v) is 5.74. The van der Waals surface area contributed by atoms with Crippen molar-refractivity contribution in [1.29, 1.82) is 0 Å². The van der Waals surface area contributed by atoms with Crippen molar-refractivity contribution in [2.75, 3.05) is 26.8 Å². The Morgan fingerprint density at radius 3 is 3.22 bits per heavy atom. The van der Waals surface area contributed by atoms with Gasteiger partial charge in [-0.25, -0.2) is 4.79 Å². The molecule has 2 heterocycles. The highest BCUT2D eigenvalue weighted by Gasteiger charge is 2.22. The van der Waals surface area contributed by atoms with Crippen LogP contribution < -0.4 is 5.32 Å². The van der Waals surface area contributed by atoms with Gasteiger partial charge in [-0.2, -0.15) is 0 Å². The van der Waals surface area contributed by atoms with Crippen molar-refractivity contribution in [3.05, 3.63) is 21.3 Å². The second kappa shape index (κ2) is 6.38. The summed E-state index contributed by atoms with van der Waals surface area (Å²) in [7, 11) is 1.34. The van der Waals surface area contributed by atoms with Crippen LogP contribution in [0.5, 0.6) is 0 Å². The van der Waals surface area contributed by atoms with Gasteiger partial charge < -0.3 is 9.47 Å². The molecule has 18 heavy (non-hydrogen) atoms. The predicted octanol–water partition coefficient (Wildman–Crippen LogP) is 1.92. The minimum atomic E-state index is -0.471. The lowest BCUT2D eigenvalue weighted by Gasteiger charge is -2.32. The first kappa shape index (κ1) is 13.6. The summed E-state index contributed by atoms with van der Waals surface area (Å²) in [5, 5.41) is 2.64. The lowest BCUT2D eigenvalue weighted by Crippen LogP contribution is -2.50. The van der Waals surface area contributed by atoms with E-state index in [1.165, 1.54) is 12.0 Å². The van der Waals surface area contributed by atoms with E-state index < -0.39 is 6.09 Å². The van der Waals surface area contributed by atoms with Crippen LogP contribution in [0.15, 0.2) is 12.1 Å². The molecule has 0 saturated carbocycles. The van der Waals surface area contributed by atoms with Gasteiger partial charge in [-0.1, -0.05) is 11.6 Å². The Morgan fingerprint density at radius 2 is 2.56 bits per heavy atom. The van der Waals surface area contributed by atoms with Crippen molar-refractivity contribution in [2.24, 2.45) is 0 Å². The third-order valence-corrected chi connectivity index (χ3v) is 3.84. The molecule has 7 heteroatoms. The number of carbonyl (C=O) groups excluding carboxylic acids is 1. The van der Waals surface area contributed by atoms with Crippen molar-refractivity contribution in [2.45, 2.75) is 12.8 Å². The Morgan fingerprint density at radius 1 is 1.72 bits per heavy atom. The molecule has 100 valence electrons. The quantitative estimate of drug-likeness (QED) is 0.924. The molecule has 0 spiro atoms. The van der Waals surface area contributed by atoms with E-state index in [1.54, 1.807) is 11.3 Å². The predicted molar refractivity (Wildman–Crippen MR) is 69.9 cm³/mol. The Balaban J connectivity index is 1.84. The standard InChI is InChI=1S/C11H15ClN2O3S/c1-16-11(15)13-10-7-14(4-5-17-10)6-8-2-3-9(12)18-8/h2-3,10H,4-7H2,1H3,(H,13,15)/t10-/m0/s1. The Labute approximate surface area is 115 Å². The van der Waals surface area contributed by atoms with Gasteiger partial charge in [0.05, 0.1) is 18.1 Å². The molecule has 0 aromatic carbocycles. The minimum Gasteiger partial charge on any atom is -0.453 e. The van der Waals surface area contributed by atoms with Crippen LogP contribution in [0.1, 0.15) is 4.88 Å². The molecule has 1 saturated heterocycles. The highest BCUT2D eigenvalue weighted by molar-refractivity contribution is 7.16. The molecule has 1 fully saturated rings. The number of halogens is 1. The van der Waals surface area contributed by atoms with Gasteiger partial charge in [0.15, 0.2) is 0 Å². The van der Waals surface area contributed by atoms with Gasteiger partial charge in [-0.3, -0.25) is 10.2 Å². The number of rotatable bonds is 3. The zero-order chi connectivity index (χ0) is 13.0. The van der Waals surface area contributed by atoms with Crippen molar-refractivity contribution >= 4 is 29.0 Å².